The Balaban J connectivity index is 1.40. The highest BCUT2D eigenvalue weighted by molar-refractivity contribution is 8.03. The standard InChI is InChI=1S/C23H34N4O5S/c1-12-6-4-8-27(12,23(24)32)9-5-7-15-10-16(11-25-15)33-20-13(2)18-17(14(3)28)21(29)26(18)19(20)22(30)31/h5,7,12-18,25,28H,4,6,8-11H2,1-3H3,(H2-,24,30,31,32)/p+1/b7-5+/t12?,13-,14-,15-,16+,17-,18-,27?/m1/s1. The lowest BCUT2D eigenvalue weighted by atomic mass is 9.79. The summed E-state index contributed by atoms with van der Waals surface area (Å²) in [5.41, 5.74) is 5.81. The maximum atomic E-state index is 12.5. The van der Waals surface area contributed by atoms with Crippen molar-refractivity contribution in [3.05, 3.63) is 22.8 Å². The molecular weight excluding hydrogens is 444 g/mol. The first kappa shape index (κ1) is 24.3. The zero-order valence-electron chi connectivity index (χ0n) is 19.4. The van der Waals surface area contributed by atoms with Crippen LogP contribution in [0.1, 0.15) is 40.0 Å². The smallest absolute Gasteiger partial charge is 0.414 e. The van der Waals surface area contributed by atoms with E-state index < -0.39 is 18.0 Å². The van der Waals surface area contributed by atoms with Crippen molar-refractivity contribution in [2.75, 3.05) is 19.6 Å². The number of carbonyl (C=O) groups excluding carboxylic acids is 2. The summed E-state index contributed by atoms with van der Waals surface area (Å²) in [4.78, 5) is 38.7. The van der Waals surface area contributed by atoms with Gasteiger partial charge in [0.15, 0.2) is 0 Å². The predicted molar refractivity (Wildman–Crippen MR) is 125 cm³/mol. The minimum Gasteiger partial charge on any atom is -0.477 e. The number of aliphatic hydroxyl groups excluding tert-OH is 1. The number of hydrogen-bond donors (Lipinski definition) is 4. The van der Waals surface area contributed by atoms with Gasteiger partial charge in [-0.25, -0.2) is 14.1 Å². The number of rotatable bonds is 7. The second-order valence-electron chi connectivity index (χ2n) is 9.96. The van der Waals surface area contributed by atoms with Crippen molar-refractivity contribution in [1.29, 1.82) is 0 Å². The van der Waals surface area contributed by atoms with E-state index in [4.69, 9.17) is 5.73 Å². The SMILES string of the molecule is CC1CCC[N+]1(C/C=C/[C@@H]1C[C@H](SC2=C(C(=O)O)N3C(=O)[C@H]([C@@H](C)O)[C@H]3[C@H]2C)CN1)C(N)=O. The molecule has 4 heterocycles. The molecule has 0 aromatic rings. The Hall–Kier alpha value is -1.88. The summed E-state index contributed by atoms with van der Waals surface area (Å²) >= 11 is 1.54. The molecule has 0 radical (unpaired) electrons. The molecule has 3 fully saturated rings. The molecule has 4 aliphatic rings. The molecule has 0 aromatic heterocycles. The second-order valence-corrected chi connectivity index (χ2v) is 11.3. The fraction of sp³-hybridized carbons (Fsp3) is 0.696. The number of nitrogens with zero attached hydrogens (tertiary/aromatic N) is 2. The van der Waals surface area contributed by atoms with Crippen LogP contribution in [-0.4, -0.2) is 86.6 Å². The van der Waals surface area contributed by atoms with Gasteiger partial charge in [0.1, 0.15) is 12.2 Å². The normalized spacial score (nSPS) is 39.3. The lowest BCUT2D eigenvalue weighted by molar-refractivity contribution is -0.853. The summed E-state index contributed by atoms with van der Waals surface area (Å²) in [6, 6.07) is -0.179. The minimum atomic E-state index is -1.09. The average Bonchev–Trinajstić information content (AvgIpc) is 3.39. The van der Waals surface area contributed by atoms with E-state index in [1.807, 2.05) is 6.92 Å². The number of urea groups is 1. The molecule has 0 aromatic carbocycles. The number of amides is 3. The molecule has 9 nitrogen and oxygen atoms in total. The summed E-state index contributed by atoms with van der Waals surface area (Å²) < 4.78 is 0.309. The molecule has 33 heavy (non-hydrogen) atoms. The van der Waals surface area contributed by atoms with Crippen LogP contribution in [0.5, 0.6) is 0 Å². The van der Waals surface area contributed by atoms with Crippen LogP contribution in [0.4, 0.5) is 4.79 Å². The molecule has 4 rings (SSSR count). The fourth-order valence-electron chi connectivity index (χ4n) is 6.07. The van der Waals surface area contributed by atoms with Gasteiger partial charge in [0, 0.05) is 41.5 Å². The number of carboxylic acid groups (broad SMARTS) is 1. The van der Waals surface area contributed by atoms with Crippen molar-refractivity contribution in [1.82, 2.24) is 10.2 Å². The van der Waals surface area contributed by atoms with Crippen molar-refractivity contribution in [3.63, 3.8) is 0 Å². The topological polar surface area (TPSA) is 133 Å². The molecule has 3 saturated heterocycles. The number of likely N-dealkylation sites (tertiary alicyclic amines) is 1. The zero-order valence-corrected chi connectivity index (χ0v) is 20.3. The monoisotopic (exact) mass is 479 g/mol. The van der Waals surface area contributed by atoms with Crippen molar-refractivity contribution >= 4 is 29.7 Å². The second kappa shape index (κ2) is 9.05. The van der Waals surface area contributed by atoms with Crippen LogP contribution in [0, 0.1) is 11.8 Å². The summed E-state index contributed by atoms with van der Waals surface area (Å²) in [5.74, 6) is -2.06. The number of quaternary nitrogens is 1. The number of thioether (sulfide) groups is 1. The molecule has 8 atom stereocenters. The van der Waals surface area contributed by atoms with Crippen LogP contribution in [0.15, 0.2) is 22.8 Å². The first-order chi connectivity index (χ1) is 15.6. The van der Waals surface area contributed by atoms with E-state index in [1.54, 1.807) is 6.92 Å². The zero-order chi connectivity index (χ0) is 24.1. The average molecular weight is 480 g/mol. The molecule has 0 bridgehead atoms. The van der Waals surface area contributed by atoms with E-state index in [0.717, 1.165) is 37.3 Å². The molecule has 0 spiro atoms. The number of hydrogen-bond acceptors (Lipinski definition) is 6. The van der Waals surface area contributed by atoms with Gasteiger partial charge in [-0.1, -0.05) is 13.0 Å². The third-order valence-corrected chi connectivity index (χ3v) is 9.50. The molecule has 4 aliphatic heterocycles. The van der Waals surface area contributed by atoms with E-state index >= 15 is 0 Å². The van der Waals surface area contributed by atoms with E-state index in [9.17, 15) is 24.6 Å². The number of aliphatic carboxylic acids is 1. The van der Waals surface area contributed by atoms with E-state index in [0.29, 0.717) is 11.0 Å². The van der Waals surface area contributed by atoms with Crippen molar-refractivity contribution in [2.45, 2.75) is 69.5 Å². The van der Waals surface area contributed by atoms with Gasteiger partial charge in [-0.15, -0.1) is 11.8 Å². The Morgan fingerprint density at radius 2 is 2.12 bits per heavy atom. The van der Waals surface area contributed by atoms with Gasteiger partial charge in [-0.3, -0.25) is 4.79 Å². The number of nitrogens with two attached hydrogens (primary N) is 1. The van der Waals surface area contributed by atoms with Crippen molar-refractivity contribution in [3.8, 4) is 0 Å². The summed E-state index contributed by atoms with van der Waals surface area (Å²) in [5, 5.41) is 23.5. The molecule has 10 heteroatoms. The molecule has 182 valence electrons. The van der Waals surface area contributed by atoms with Crippen LogP contribution in [0.25, 0.3) is 0 Å². The lowest BCUT2D eigenvalue weighted by Gasteiger charge is -2.46. The quantitative estimate of drug-likeness (QED) is 0.245. The van der Waals surface area contributed by atoms with Crippen molar-refractivity contribution in [2.24, 2.45) is 17.6 Å². The van der Waals surface area contributed by atoms with Gasteiger partial charge in [0.2, 0.25) is 5.91 Å². The Kier molecular flexibility index (Phi) is 6.65. The predicted octanol–water partition coefficient (Wildman–Crippen LogP) is 1.24. The number of aliphatic hydroxyl groups is 1. The maximum Gasteiger partial charge on any atom is 0.414 e. The van der Waals surface area contributed by atoms with Crippen LogP contribution in [0.2, 0.25) is 0 Å². The van der Waals surface area contributed by atoms with Gasteiger partial charge < -0.3 is 26.2 Å². The Morgan fingerprint density at radius 1 is 1.39 bits per heavy atom. The third kappa shape index (κ3) is 4.00. The minimum absolute atomic E-state index is 0.0781. The van der Waals surface area contributed by atoms with Gasteiger partial charge in [0.05, 0.1) is 30.7 Å². The van der Waals surface area contributed by atoms with E-state index in [1.165, 1.54) is 16.7 Å². The summed E-state index contributed by atoms with van der Waals surface area (Å²) in [6.07, 6.45) is 6.19. The van der Waals surface area contributed by atoms with Gasteiger partial charge >= 0.3 is 12.0 Å². The number of primary amides is 1. The van der Waals surface area contributed by atoms with Gasteiger partial charge in [0.25, 0.3) is 0 Å². The van der Waals surface area contributed by atoms with Gasteiger partial charge in [-0.2, -0.15) is 0 Å². The lowest BCUT2D eigenvalue weighted by Crippen LogP contribution is -2.63. The number of fused-ring (bicyclic) bond motifs is 1. The molecule has 3 amide bonds. The molecule has 0 aliphatic carbocycles. The number of nitrogens with one attached hydrogen (secondary N) is 1. The summed E-state index contributed by atoms with van der Waals surface area (Å²) in [6.45, 7) is 7.72. The van der Waals surface area contributed by atoms with Crippen LogP contribution < -0.4 is 11.1 Å². The highest BCUT2D eigenvalue weighted by atomic mass is 32.2. The van der Waals surface area contributed by atoms with Gasteiger partial charge in [-0.05, 0) is 26.3 Å². The van der Waals surface area contributed by atoms with Crippen LogP contribution in [0.3, 0.4) is 0 Å². The third-order valence-electron chi connectivity index (χ3n) is 7.99. The largest absolute Gasteiger partial charge is 0.477 e. The van der Waals surface area contributed by atoms with E-state index in [2.05, 4.69) is 24.4 Å². The number of carbonyl (C=O) groups is 3. The number of carboxylic acids is 1. The van der Waals surface area contributed by atoms with E-state index in [-0.39, 0.29) is 46.9 Å². The Labute approximate surface area is 198 Å². The van der Waals surface area contributed by atoms with Crippen molar-refractivity contribution < 1.29 is 29.1 Å². The molecule has 0 saturated carbocycles. The fourth-order valence-corrected chi connectivity index (χ4v) is 7.56. The Bertz CT molecular complexity index is 905. The highest BCUT2D eigenvalue weighted by Crippen LogP contribution is 2.51. The maximum absolute atomic E-state index is 12.5. The first-order valence-corrected chi connectivity index (χ1v) is 12.7. The summed E-state index contributed by atoms with van der Waals surface area (Å²) in [7, 11) is 0. The first-order valence-electron chi connectivity index (χ1n) is 11.8. The molecule has 5 N–H and O–H groups in total. The highest BCUT2D eigenvalue weighted by Gasteiger charge is 2.60. The van der Waals surface area contributed by atoms with Crippen LogP contribution in [-0.2, 0) is 9.59 Å². The number of β-lactam (4-membered cyclic amide) rings is 1. The Morgan fingerprint density at radius 3 is 2.70 bits per heavy atom. The molecule has 2 unspecified atom stereocenters. The molecular formula is C23H35N4O5S+. The van der Waals surface area contributed by atoms with Crippen LogP contribution >= 0.6 is 11.8 Å².